The first-order valence-corrected chi connectivity index (χ1v) is 7.32. The topological polar surface area (TPSA) is 69.2 Å². The van der Waals surface area contributed by atoms with Crippen LogP contribution in [-0.2, 0) is 9.63 Å². The lowest BCUT2D eigenvalue weighted by molar-refractivity contribution is -0.120. The Labute approximate surface area is 137 Å². The van der Waals surface area contributed by atoms with Gasteiger partial charge in [-0.05, 0) is 18.2 Å². The fraction of sp³-hybridized carbons (Fsp3) is 0.176. The number of rotatable bonds is 5. The number of nitrogens with zero attached hydrogens (tertiary/aromatic N) is 1. The van der Waals surface area contributed by atoms with Gasteiger partial charge in [-0.15, -0.1) is 0 Å². The SMILES string of the molecule is O=C(CO/N=C\c1ccccc1F)Nc1ccc2c(c1)OCCO2. The molecule has 3 rings (SSSR count). The standard InChI is InChI=1S/C17H15FN2O4/c18-14-4-2-1-3-12(14)10-19-24-11-17(21)20-13-5-6-15-16(9-13)23-8-7-22-15/h1-6,9-10H,7-8,11H2,(H,20,21)/b19-10-. The molecule has 0 radical (unpaired) electrons. The lowest BCUT2D eigenvalue weighted by Gasteiger charge is -2.18. The van der Waals surface area contributed by atoms with Crippen molar-refractivity contribution in [3.05, 3.63) is 53.8 Å². The zero-order chi connectivity index (χ0) is 16.8. The molecule has 1 aliphatic heterocycles. The second-order valence-corrected chi connectivity index (χ2v) is 4.94. The van der Waals surface area contributed by atoms with Gasteiger partial charge >= 0.3 is 0 Å². The monoisotopic (exact) mass is 330 g/mol. The number of halogens is 1. The summed E-state index contributed by atoms with van der Waals surface area (Å²) in [5, 5.41) is 6.24. The minimum atomic E-state index is -0.412. The minimum absolute atomic E-state index is 0.282. The molecule has 124 valence electrons. The average Bonchev–Trinajstić information content (AvgIpc) is 2.60. The number of ether oxygens (including phenoxy) is 2. The molecule has 1 aliphatic rings. The van der Waals surface area contributed by atoms with Crippen molar-refractivity contribution >= 4 is 17.8 Å². The molecule has 0 aliphatic carbocycles. The van der Waals surface area contributed by atoms with Crippen molar-refractivity contribution in [1.82, 2.24) is 0 Å². The highest BCUT2D eigenvalue weighted by Gasteiger charge is 2.12. The molecule has 0 aromatic heterocycles. The molecule has 1 heterocycles. The minimum Gasteiger partial charge on any atom is -0.486 e. The zero-order valence-corrected chi connectivity index (χ0v) is 12.7. The highest BCUT2D eigenvalue weighted by Crippen LogP contribution is 2.32. The largest absolute Gasteiger partial charge is 0.486 e. The van der Waals surface area contributed by atoms with E-state index in [1.54, 1.807) is 36.4 Å². The van der Waals surface area contributed by atoms with Crippen molar-refractivity contribution in [2.45, 2.75) is 0 Å². The Balaban J connectivity index is 1.50. The summed E-state index contributed by atoms with van der Waals surface area (Å²) >= 11 is 0. The summed E-state index contributed by atoms with van der Waals surface area (Å²) in [6.07, 6.45) is 1.21. The molecule has 0 spiro atoms. The maximum Gasteiger partial charge on any atom is 0.265 e. The van der Waals surface area contributed by atoms with E-state index in [0.29, 0.717) is 30.4 Å². The number of hydrogen-bond donors (Lipinski definition) is 1. The number of carbonyl (C=O) groups is 1. The van der Waals surface area contributed by atoms with Crippen LogP contribution in [0.1, 0.15) is 5.56 Å². The van der Waals surface area contributed by atoms with Gasteiger partial charge in [0.15, 0.2) is 18.1 Å². The summed E-state index contributed by atoms with van der Waals surface area (Å²) in [7, 11) is 0. The summed E-state index contributed by atoms with van der Waals surface area (Å²) in [5.74, 6) is 0.422. The van der Waals surface area contributed by atoms with Crippen LogP contribution in [-0.4, -0.2) is 31.9 Å². The fourth-order valence-electron chi connectivity index (χ4n) is 2.09. The molecule has 0 saturated carbocycles. The summed E-state index contributed by atoms with van der Waals surface area (Å²) in [4.78, 5) is 16.7. The Morgan fingerprint density at radius 1 is 1.21 bits per heavy atom. The van der Waals surface area contributed by atoms with E-state index in [9.17, 15) is 9.18 Å². The Kier molecular flexibility index (Phi) is 4.90. The van der Waals surface area contributed by atoms with Crippen LogP contribution in [0.15, 0.2) is 47.6 Å². The number of hydrogen-bond acceptors (Lipinski definition) is 5. The van der Waals surface area contributed by atoms with Gasteiger partial charge < -0.3 is 19.6 Å². The molecule has 6 nitrogen and oxygen atoms in total. The van der Waals surface area contributed by atoms with Gasteiger partial charge in [0.1, 0.15) is 19.0 Å². The molecule has 0 fully saturated rings. The van der Waals surface area contributed by atoms with Crippen LogP contribution in [0.5, 0.6) is 11.5 Å². The quantitative estimate of drug-likeness (QED) is 0.676. The Bertz CT molecular complexity index is 764. The maximum absolute atomic E-state index is 13.4. The summed E-state index contributed by atoms with van der Waals surface area (Å²) < 4.78 is 24.2. The van der Waals surface area contributed by atoms with E-state index in [1.807, 2.05) is 0 Å². The third-order valence-electron chi connectivity index (χ3n) is 3.19. The van der Waals surface area contributed by atoms with Crippen molar-refractivity contribution < 1.29 is 23.5 Å². The number of carbonyl (C=O) groups excluding carboxylic acids is 1. The van der Waals surface area contributed by atoms with Crippen LogP contribution in [0.25, 0.3) is 0 Å². The predicted molar refractivity (Wildman–Crippen MR) is 86.0 cm³/mol. The fourth-order valence-corrected chi connectivity index (χ4v) is 2.09. The van der Waals surface area contributed by atoms with E-state index < -0.39 is 11.7 Å². The van der Waals surface area contributed by atoms with Gasteiger partial charge in [-0.1, -0.05) is 23.4 Å². The van der Waals surface area contributed by atoms with Crippen molar-refractivity contribution in [2.24, 2.45) is 5.16 Å². The van der Waals surface area contributed by atoms with Crippen LogP contribution >= 0.6 is 0 Å². The molecule has 0 saturated heterocycles. The normalized spacial score (nSPS) is 12.9. The average molecular weight is 330 g/mol. The highest BCUT2D eigenvalue weighted by atomic mass is 19.1. The second kappa shape index (κ2) is 7.45. The number of benzene rings is 2. The van der Waals surface area contributed by atoms with Gasteiger partial charge in [0.2, 0.25) is 0 Å². The smallest absolute Gasteiger partial charge is 0.265 e. The third-order valence-corrected chi connectivity index (χ3v) is 3.19. The summed E-state index contributed by atoms with van der Waals surface area (Å²) in [6.45, 7) is 0.685. The van der Waals surface area contributed by atoms with Crippen LogP contribution < -0.4 is 14.8 Å². The summed E-state index contributed by atoms with van der Waals surface area (Å²) in [6, 6.07) is 11.2. The van der Waals surface area contributed by atoms with Gasteiger partial charge in [0, 0.05) is 17.3 Å². The Hall–Kier alpha value is -3.09. The van der Waals surface area contributed by atoms with Crippen molar-refractivity contribution in [2.75, 3.05) is 25.1 Å². The second-order valence-electron chi connectivity index (χ2n) is 4.94. The van der Waals surface area contributed by atoms with Crippen molar-refractivity contribution in [1.29, 1.82) is 0 Å². The lowest BCUT2D eigenvalue weighted by atomic mass is 10.2. The Morgan fingerprint density at radius 2 is 2.00 bits per heavy atom. The van der Waals surface area contributed by atoms with Gasteiger partial charge in [0.05, 0.1) is 6.21 Å². The van der Waals surface area contributed by atoms with Gasteiger partial charge in [-0.3, -0.25) is 4.79 Å². The van der Waals surface area contributed by atoms with Gasteiger partial charge in [-0.25, -0.2) is 4.39 Å². The Morgan fingerprint density at radius 3 is 2.83 bits per heavy atom. The first-order valence-electron chi connectivity index (χ1n) is 7.32. The molecular formula is C17H15FN2O4. The molecule has 0 unspecified atom stereocenters. The molecule has 24 heavy (non-hydrogen) atoms. The number of nitrogens with one attached hydrogen (secondary N) is 1. The van der Waals surface area contributed by atoms with Crippen LogP contribution in [0.4, 0.5) is 10.1 Å². The van der Waals surface area contributed by atoms with Gasteiger partial charge in [-0.2, -0.15) is 0 Å². The van der Waals surface area contributed by atoms with E-state index >= 15 is 0 Å². The first-order chi connectivity index (χ1) is 11.7. The zero-order valence-electron chi connectivity index (χ0n) is 12.7. The number of fused-ring (bicyclic) bond motifs is 1. The van der Waals surface area contributed by atoms with Crippen LogP contribution in [0.3, 0.4) is 0 Å². The summed E-state index contributed by atoms with van der Waals surface area (Å²) in [5.41, 5.74) is 0.843. The highest BCUT2D eigenvalue weighted by molar-refractivity contribution is 5.92. The lowest BCUT2D eigenvalue weighted by Crippen LogP contribution is -2.18. The molecule has 1 amide bonds. The van der Waals surface area contributed by atoms with E-state index in [-0.39, 0.29) is 12.2 Å². The third kappa shape index (κ3) is 4.01. The molecule has 0 atom stereocenters. The number of oxime groups is 1. The molecule has 0 bridgehead atoms. The van der Waals surface area contributed by atoms with Crippen molar-refractivity contribution in [3.63, 3.8) is 0 Å². The van der Waals surface area contributed by atoms with E-state index in [2.05, 4.69) is 10.5 Å². The van der Waals surface area contributed by atoms with Gasteiger partial charge in [0.25, 0.3) is 5.91 Å². The molecule has 2 aromatic rings. The van der Waals surface area contributed by atoms with E-state index in [4.69, 9.17) is 14.3 Å². The molecule has 1 N–H and O–H groups in total. The molecular weight excluding hydrogens is 315 g/mol. The van der Waals surface area contributed by atoms with E-state index in [1.165, 1.54) is 12.3 Å². The maximum atomic E-state index is 13.4. The first kappa shape index (κ1) is 15.8. The van der Waals surface area contributed by atoms with E-state index in [0.717, 1.165) is 0 Å². The van der Waals surface area contributed by atoms with Crippen LogP contribution in [0.2, 0.25) is 0 Å². The predicted octanol–water partition coefficient (Wildman–Crippen LogP) is 2.59. The number of amides is 1. The number of anilines is 1. The van der Waals surface area contributed by atoms with Crippen LogP contribution in [0, 0.1) is 5.82 Å². The molecule has 7 heteroatoms. The van der Waals surface area contributed by atoms with Crippen molar-refractivity contribution in [3.8, 4) is 11.5 Å². The molecule has 2 aromatic carbocycles.